The normalized spacial score (nSPS) is 22.8. The molecule has 2 fully saturated rings. The van der Waals surface area contributed by atoms with Crippen molar-refractivity contribution >= 4 is 17.6 Å². The second kappa shape index (κ2) is 8.25. The van der Waals surface area contributed by atoms with Gasteiger partial charge in [-0.2, -0.15) is 0 Å². The zero-order chi connectivity index (χ0) is 20.3. The van der Waals surface area contributed by atoms with Crippen LogP contribution in [-0.2, 0) is 11.2 Å². The van der Waals surface area contributed by atoms with Gasteiger partial charge in [-0.05, 0) is 37.5 Å². The van der Waals surface area contributed by atoms with Crippen LogP contribution >= 0.6 is 0 Å². The first kappa shape index (κ1) is 19.5. The Hall–Kier alpha value is -2.86. The molecule has 0 saturated carbocycles. The lowest BCUT2D eigenvalue weighted by molar-refractivity contribution is -0.907. The average Bonchev–Trinajstić information content (AvgIpc) is 2.97. The molecule has 2 heterocycles. The predicted octanol–water partition coefficient (Wildman–Crippen LogP) is 1.29. The van der Waals surface area contributed by atoms with Gasteiger partial charge in [-0.3, -0.25) is 4.79 Å². The number of quaternary nitrogens is 1. The molecule has 29 heavy (non-hydrogen) atoms. The number of carbonyl (C=O) groups excluding carboxylic acids is 2. The summed E-state index contributed by atoms with van der Waals surface area (Å²) in [6.07, 6.45) is 1.37. The number of imide groups is 1. The molecular formula is C23H29N4O2+. The minimum atomic E-state index is -0.821. The first-order valence-electron chi connectivity index (χ1n) is 10.4. The second-order valence-corrected chi connectivity index (χ2v) is 8.21. The minimum Gasteiger partial charge on any atom is -0.360 e. The molecule has 0 unspecified atom stereocenters. The van der Waals surface area contributed by atoms with E-state index < -0.39 is 5.54 Å². The summed E-state index contributed by atoms with van der Waals surface area (Å²) in [6, 6.07) is 20.2. The fourth-order valence-corrected chi connectivity index (χ4v) is 4.20. The van der Waals surface area contributed by atoms with Crippen LogP contribution in [0.2, 0.25) is 0 Å². The van der Waals surface area contributed by atoms with Crippen LogP contribution in [0.25, 0.3) is 0 Å². The van der Waals surface area contributed by atoms with Gasteiger partial charge in [-0.1, -0.05) is 48.5 Å². The molecule has 2 saturated heterocycles. The minimum absolute atomic E-state index is 0.101. The summed E-state index contributed by atoms with van der Waals surface area (Å²) in [4.78, 5) is 30.6. The van der Waals surface area contributed by atoms with E-state index >= 15 is 0 Å². The highest BCUT2D eigenvalue weighted by atomic mass is 16.2. The summed E-state index contributed by atoms with van der Waals surface area (Å²) in [5, 5.41) is 2.94. The van der Waals surface area contributed by atoms with Crippen LogP contribution in [0.5, 0.6) is 0 Å². The Kier molecular flexibility index (Phi) is 5.53. The zero-order valence-electron chi connectivity index (χ0n) is 16.9. The highest BCUT2D eigenvalue weighted by Gasteiger charge is 2.48. The fourth-order valence-electron chi connectivity index (χ4n) is 4.20. The van der Waals surface area contributed by atoms with E-state index in [9.17, 15) is 9.59 Å². The summed E-state index contributed by atoms with van der Waals surface area (Å²) < 4.78 is 0. The zero-order valence-corrected chi connectivity index (χ0v) is 16.9. The van der Waals surface area contributed by atoms with Gasteiger partial charge in [0.1, 0.15) is 5.54 Å². The Morgan fingerprint density at radius 2 is 1.59 bits per heavy atom. The molecule has 4 rings (SSSR count). The van der Waals surface area contributed by atoms with Crippen LogP contribution in [0.15, 0.2) is 60.7 Å². The maximum atomic E-state index is 13.0. The van der Waals surface area contributed by atoms with Gasteiger partial charge in [0, 0.05) is 5.69 Å². The van der Waals surface area contributed by atoms with Crippen molar-refractivity contribution in [1.29, 1.82) is 0 Å². The molecule has 2 aliphatic heterocycles. The number of nitrogens with one attached hydrogen (secondary N) is 2. The molecular weight excluding hydrogens is 364 g/mol. The number of urea groups is 1. The van der Waals surface area contributed by atoms with Gasteiger partial charge in [-0.25, -0.2) is 9.69 Å². The number of carbonyl (C=O) groups is 2. The summed E-state index contributed by atoms with van der Waals surface area (Å²) in [6.45, 7) is 5.95. The third-order valence-corrected chi connectivity index (χ3v) is 6.08. The van der Waals surface area contributed by atoms with E-state index in [-0.39, 0.29) is 11.9 Å². The molecule has 0 aromatic heterocycles. The smallest absolute Gasteiger partial charge is 0.329 e. The summed E-state index contributed by atoms with van der Waals surface area (Å²) in [5.74, 6) is -0.101. The SMILES string of the molecule is C[C@]1(CCc2ccccc2)NC(=O)N(C[NH+]2CCN(c3ccccc3)CC2)C1=O. The van der Waals surface area contributed by atoms with Crippen molar-refractivity contribution in [2.75, 3.05) is 37.7 Å². The van der Waals surface area contributed by atoms with Crippen molar-refractivity contribution < 1.29 is 14.5 Å². The van der Waals surface area contributed by atoms with Crippen molar-refractivity contribution in [2.24, 2.45) is 0 Å². The number of aryl methyl sites for hydroxylation is 1. The molecule has 0 bridgehead atoms. The van der Waals surface area contributed by atoms with Crippen molar-refractivity contribution in [3.63, 3.8) is 0 Å². The fraction of sp³-hybridized carbons (Fsp3) is 0.391. The molecule has 0 aliphatic carbocycles. The van der Waals surface area contributed by atoms with Gasteiger partial charge in [0.2, 0.25) is 0 Å². The number of benzene rings is 2. The Labute approximate surface area is 172 Å². The molecule has 0 spiro atoms. The van der Waals surface area contributed by atoms with Gasteiger partial charge in [-0.15, -0.1) is 0 Å². The van der Waals surface area contributed by atoms with Gasteiger partial charge in [0.15, 0.2) is 6.67 Å². The van der Waals surface area contributed by atoms with Crippen molar-refractivity contribution in [3.8, 4) is 0 Å². The van der Waals surface area contributed by atoms with Gasteiger partial charge in [0.25, 0.3) is 5.91 Å². The quantitative estimate of drug-likeness (QED) is 0.728. The molecule has 6 nitrogen and oxygen atoms in total. The second-order valence-electron chi connectivity index (χ2n) is 8.21. The Balaban J connectivity index is 1.32. The third-order valence-electron chi connectivity index (χ3n) is 6.08. The molecule has 6 heteroatoms. The van der Waals surface area contributed by atoms with Crippen LogP contribution in [0.4, 0.5) is 10.5 Å². The summed E-state index contributed by atoms with van der Waals surface area (Å²) in [7, 11) is 0. The Bertz CT molecular complexity index is 850. The summed E-state index contributed by atoms with van der Waals surface area (Å²) in [5.41, 5.74) is 1.59. The largest absolute Gasteiger partial charge is 0.360 e. The molecule has 0 radical (unpaired) electrons. The number of nitrogens with zero attached hydrogens (tertiary/aromatic N) is 2. The van der Waals surface area contributed by atoms with Crippen molar-refractivity contribution in [3.05, 3.63) is 66.2 Å². The number of amides is 3. The lowest BCUT2D eigenvalue weighted by Gasteiger charge is -2.34. The van der Waals surface area contributed by atoms with E-state index in [1.807, 2.05) is 31.2 Å². The van der Waals surface area contributed by atoms with Gasteiger partial charge >= 0.3 is 6.03 Å². The van der Waals surface area contributed by atoms with Gasteiger partial charge in [0.05, 0.1) is 26.2 Å². The lowest BCUT2D eigenvalue weighted by Crippen LogP contribution is -3.16. The van der Waals surface area contributed by atoms with E-state index in [0.29, 0.717) is 13.1 Å². The number of hydrogen-bond acceptors (Lipinski definition) is 3. The molecule has 2 aliphatic rings. The molecule has 2 aromatic carbocycles. The number of anilines is 1. The van der Waals surface area contributed by atoms with Crippen LogP contribution in [0, 0.1) is 0 Å². The van der Waals surface area contributed by atoms with E-state index in [2.05, 4.69) is 46.6 Å². The van der Waals surface area contributed by atoms with E-state index in [0.717, 1.165) is 32.6 Å². The molecule has 2 aromatic rings. The first-order valence-corrected chi connectivity index (χ1v) is 10.4. The van der Waals surface area contributed by atoms with E-state index in [1.54, 1.807) is 0 Å². The number of para-hydroxylation sites is 1. The molecule has 1 atom stereocenters. The lowest BCUT2D eigenvalue weighted by atomic mass is 9.93. The van der Waals surface area contributed by atoms with Crippen LogP contribution in [0.1, 0.15) is 18.9 Å². The van der Waals surface area contributed by atoms with Crippen molar-refractivity contribution in [1.82, 2.24) is 10.2 Å². The predicted molar refractivity (Wildman–Crippen MR) is 113 cm³/mol. The number of piperazine rings is 1. The summed E-state index contributed by atoms with van der Waals surface area (Å²) >= 11 is 0. The standard InChI is InChI=1S/C23H28N4O2/c1-23(13-12-19-8-4-2-5-9-19)21(28)27(22(29)24-23)18-25-14-16-26(17-15-25)20-10-6-3-7-11-20/h2-11H,12-18H2,1H3,(H,24,29)/p+1/t23-/m1/s1. The molecule has 3 amide bonds. The van der Waals surface area contributed by atoms with Crippen molar-refractivity contribution in [2.45, 2.75) is 25.3 Å². The topological polar surface area (TPSA) is 57.1 Å². The number of hydrogen-bond donors (Lipinski definition) is 2. The Morgan fingerprint density at radius 1 is 0.966 bits per heavy atom. The van der Waals surface area contributed by atoms with Crippen LogP contribution < -0.4 is 15.1 Å². The third kappa shape index (κ3) is 4.27. The van der Waals surface area contributed by atoms with E-state index in [4.69, 9.17) is 0 Å². The van der Waals surface area contributed by atoms with E-state index in [1.165, 1.54) is 21.1 Å². The maximum Gasteiger partial charge on any atom is 0.329 e. The average molecular weight is 394 g/mol. The van der Waals surface area contributed by atoms with Crippen LogP contribution in [-0.4, -0.2) is 55.2 Å². The maximum absolute atomic E-state index is 13.0. The monoisotopic (exact) mass is 393 g/mol. The first-order chi connectivity index (χ1) is 14.0. The highest BCUT2D eigenvalue weighted by molar-refractivity contribution is 6.06. The number of rotatable bonds is 6. The highest BCUT2D eigenvalue weighted by Crippen LogP contribution is 2.22. The van der Waals surface area contributed by atoms with Crippen LogP contribution in [0.3, 0.4) is 0 Å². The molecule has 152 valence electrons. The Morgan fingerprint density at radius 3 is 2.24 bits per heavy atom. The molecule has 2 N–H and O–H groups in total. The van der Waals surface area contributed by atoms with Gasteiger partial charge < -0.3 is 15.1 Å².